The van der Waals surface area contributed by atoms with Crippen molar-refractivity contribution in [3.8, 4) is 0 Å². The number of benzene rings is 1. The van der Waals surface area contributed by atoms with Crippen LogP contribution in [0.25, 0.3) is 0 Å². The van der Waals surface area contributed by atoms with E-state index in [1.807, 2.05) is 38.1 Å². The normalized spacial score (nSPS) is 13.5. The zero-order valence-electron chi connectivity index (χ0n) is 11.3. The Morgan fingerprint density at radius 1 is 1.32 bits per heavy atom. The van der Waals surface area contributed by atoms with Crippen LogP contribution in [0.1, 0.15) is 30.6 Å². The largest absolute Gasteiger partial charge is 0.391 e. The van der Waals surface area contributed by atoms with E-state index in [1.54, 1.807) is 0 Å². The average molecular weight is 275 g/mol. The van der Waals surface area contributed by atoms with Crippen molar-refractivity contribution in [3.63, 3.8) is 0 Å². The molecule has 19 heavy (non-hydrogen) atoms. The summed E-state index contributed by atoms with van der Waals surface area (Å²) in [5.41, 5.74) is 1.97. The smallest absolute Gasteiger partial charge is 0.372 e. The summed E-state index contributed by atoms with van der Waals surface area (Å²) in [7, 11) is 0. The molecular formula is C14H20F3NO. The predicted octanol–water partition coefficient (Wildman–Crippen LogP) is 3.61. The third kappa shape index (κ3) is 6.59. The molecule has 1 aromatic carbocycles. The third-order valence-corrected chi connectivity index (χ3v) is 2.70. The molecule has 0 amide bonds. The van der Waals surface area contributed by atoms with Gasteiger partial charge in [0.05, 0.1) is 19.1 Å². The van der Waals surface area contributed by atoms with Crippen molar-refractivity contribution in [3.05, 3.63) is 35.4 Å². The second kappa shape index (κ2) is 7.50. The Kier molecular flexibility index (Phi) is 6.31. The summed E-state index contributed by atoms with van der Waals surface area (Å²) in [6.07, 6.45) is -5.43. The molecule has 0 saturated heterocycles. The van der Waals surface area contributed by atoms with Crippen molar-refractivity contribution in [1.29, 1.82) is 0 Å². The van der Waals surface area contributed by atoms with Gasteiger partial charge in [-0.2, -0.15) is 13.2 Å². The Labute approximate surface area is 112 Å². The molecule has 0 aromatic heterocycles. The van der Waals surface area contributed by atoms with Gasteiger partial charge in [-0.25, -0.2) is 0 Å². The van der Waals surface area contributed by atoms with Gasteiger partial charge in [-0.05, 0) is 19.0 Å². The first kappa shape index (κ1) is 16.0. The fraction of sp³-hybridized carbons (Fsp3) is 0.571. The molecule has 1 atom stereocenters. The van der Waals surface area contributed by atoms with Crippen molar-refractivity contribution in [2.24, 2.45) is 0 Å². The summed E-state index contributed by atoms with van der Waals surface area (Å²) in [6.45, 7) is 4.85. The maximum absolute atomic E-state index is 12.1. The van der Waals surface area contributed by atoms with Gasteiger partial charge in [0.2, 0.25) is 0 Å². The van der Waals surface area contributed by atoms with Crippen LogP contribution in [0.5, 0.6) is 0 Å². The van der Waals surface area contributed by atoms with Crippen LogP contribution < -0.4 is 5.32 Å². The van der Waals surface area contributed by atoms with E-state index in [9.17, 15) is 13.2 Å². The second-order valence-corrected chi connectivity index (χ2v) is 4.45. The van der Waals surface area contributed by atoms with E-state index in [4.69, 9.17) is 4.74 Å². The molecule has 0 aliphatic heterocycles. The zero-order chi connectivity index (χ0) is 14.3. The Morgan fingerprint density at radius 3 is 2.63 bits per heavy atom. The van der Waals surface area contributed by atoms with E-state index in [-0.39, 0.29) is 12.7 Å². The summed E-state index contributed by atoms with van der Waals surface area (Å²) < 4.78 is 41.8. The predicted molar refractivity (Wildman–Crippen MR) is 69.1 cm³/mol. The minimum atomic E-state index is -4.17. The minimum absolute atomic E-state index is 0.312. The number of hydrogen-bond donors (Lipinski definition) is 1. The fourth-order valence-electron chi connectivity index (χ4n) is 1.74. The zero-order valence-corrected chi connectivity index (χ0v) is 11.3. The topological polar surface area (TPSA) is 21.3 Å². The Bertz CT molecular complexity index is 379. The minimum Gasteiger partial charge on any atom is -0.372 e. The third-order valence-electron chi connectivity index (χ3n) is 2.70. The van der Waals surface area contributed by atoms with Crippen molar-refractivity contribution >= 4 is 0 Å². The lowest BCUT2D eigenvalue weighted by atomic mass is 10.1. The van der Waals surface area contributed by atoms with Crippen molar-refractivity contribution in [2.45, 2.75) is 32.5 Å². The summed E-state index contributed by atoms with van der Waals surface area (Å²) in [4.78, 5) is 0. The Balaban J connectivity index is 2.61. The molecule has 0 fully saturated rings. The van der Waals surface area contributed by atoms with Gasteiger partial charge in [-0.3, -0.25) is 0 Å². The number of nitrogens with one attached hydrogen (secondary N) is 1. The monoisotopic (exact) mass is 275 g/mol. The number of alkyl halides is 3. The van der Waals surface area contributed by atoms with E-state index >= 15 is 0 Å². The SMILES string of the molecule is CCNCC(OCCC(F)(F)F)c1cccc(C)c1. The van der Waals surface area contributed by atoms with E-state index < -0.39 is 12.6 Å². The molecule has 0 aliphatic rings. The van der Waals surface area contributed by atoms with E-state index in [0.717, 1.165) is 17.7 Å². The molecule has 1 N–H and O–H groups in total. The second-order valence-electron chi connectivity index (χ2n) is 4.45. The fourth-order valence-corrected chi connectivity index (χ4v) is 1.74. The lowest BCUT2D eigenvalue weighted by molar-refractivity contribution is -0.149. The number of likely N-dealkylation sites (N-methyl/N-ethyl adjacent to an activating group) is 1. The summed E-state index contributed by atoms with van der Waals surface area (Å²) in [5.74, 6) is 0. The molecule has 1 rings (SSSR count). The average Bonchev–Trinajstić information content (AvgIpc) is 2.32. The van der Waals surface area contributed by atoms with Crippen LogP contribution in [0, 0.1) is 6.92 Å². The highest BCUT2D eigenvalue weighted by atomic mass is 19.4. The van der Waals surface area contributed by atoms with Crippen LogP contribution in [0.4, 0.5) is 13.2 Å². The lowest BCUT2D eigenvalue weighted by Gasteiger charge is -2.19. The molecule has 0 saturated carbocycles. The summed E-state index contributed by atoms with van der Waals surface area (Å²) in [5, 5.41) is 3.11. The van der Waals surface area contributed by atoms with E-state index in [2.05, 4.69) is 5.32 Å². The number of aryl methyl sites for hydroxylation is 1. The molecule has 0 radical (unpaired) electrons. The van der Waals surface area contributed by atoms with Crippen LogP contribution in [-0.2, 0) is 4.74 Å². The Hall–Kier alpha value is -1.07. The number of ether oxygens (including phenoxy) is 1. The molecule has 0 spiro atoms. The van der Waals surface area contributed by atoms with Crippen LogP contribution in [-0.4, -0.2) is 25.9 Å². The quantitative estimate of drug-likeness (QED) is 0.820. The van der Waals surface area contributed by atoms with Crippen LogP contribution in [0.2, 0.25) is 0 Å². The van der Waals surface area contributed by atoms with Gasteiger partial charge in [-0.15, -0.1) is 0 Å². The van der Waals surface area contributed by atoms with Gasteiger partial charge < -0.3 is 10.1 Å². The maximum Gasteiger partial charge on any atom is 0.391 e. The van der Waals surface area contributed by atoms with Crippen LogP contribution >= 0.6 is 0 Å². The first-order valence-corrected chi connectivity index (χ1v) is 6.38. The highest BCUT2D eigenvalue weighted by Crippen LogP contribution is 2.23. The molecule has 0 bridgehead atoms. The van der Waals surface area contributed by atoms with Crippen molar-refractivity contribution in [1.82, 2.24) is 5.32 Å². The molecule has 108 valence electrons. The first-order valence-electron chi connectivity index (χ1n) is 6.38. The van der Waals surface area contributed by atoms with Gasteiger partial charge in [0.25, 0.3) is 0 Å². The van der Waals surface area contributed by atoms with Crippen molar-refractivity contribution < 1.29 is 17.9 Å². The first-order chi connectivity index (χ1) is 8.92. The van der Waals surface area contributed by atoms with Gasteiger partial charge in [-0.1, -0.05) is 36.8 Å². The highest BCUT2D eigenvalue weighted by molar-refractivity contribution is 5.24. The van der Waals surface area contributed by atoms with E-state index in [0.29, 0.717) is 6.54 Å². The van der Waals surface area contributed by atoms with E-state index in [1.165, 1.54) is 0 Å². The van der Waals surface area contributed by atoms with Crippen LogP contribution in [0.15, 0.2) is 24.3 Å². The van der Waals surface area contributed by atoms with Gasteiger partial charge in [0.1, 0.15) is 0 Å². The molecule has 5 heteroatoms. The van der Waals surface area contributed by atoms with Crippen LogP contribution in [0.3, 0.4) is 0 Å². The maximum atomic E-state index is 12.1. The molecule has 2 nitrogen and oxygen atoms in total. The highest BCUT2D eigenvalue weighted by Gasteiger charge is 2.27. The lowest BCUT2D eigenvalue weighted by Crippen LogP contribution is -2.24. The molecule has 0 heterocycles. The molecule has 0 aliphatic carbocycles. The van der Waals surface area contributed by atoms with Crippen molar-refractivity contribution in [2.75, 3.05) is 19.7 Å². The summed E-state index contributed by atoms with van der Waals surface area (Å²) >= 11 is 0. The Morgan fingerprint density at radius 2 is 2.05 bits per heavy atom. The molecular weight excluding hydrogens is 255 g/mol. The summed E-state index contributed by atoms with van der Waals surface area (Å²) in [6, 6.07) is 7.65. The standard InChI is InChI=1S/C14H20F3NO/c1-3-18-10-13(19-8-7-14(15,16)17)12-6-4-5-11(2)9-12/h4-6,9,13,18H,3,7-8,10H2,1-2H3. The number of hydrogen-bond acceptors (Lipinski definition) is 2. The van der Waals surface area contributed by atoms with Gasteiger partial charge >= 0.3 is 6.18 Å². The molecule has 1 unspecified atom stereocenters. The van der Waals surface area contributed by atoms with Gasteiger partial charge in [0, 0.05) is 6.54 Å². The number of halogens is 3. The molecule has 1 aromatic rings. The van der Waals surface area contributed by atoms with Gasteiger partial charge in [0.15, 0.2) is 0 Å². The number of rotatable bonds is 7.